The van der Waals surface area contributed by atoms with Crippen LogP contribution in [-0.2, 0) is 11.3 Å². The molecule has 0 aliphatic rings. The van der Waals surface area contributed by atoms with Crippen LogP contribution in [0, 0.1) is 13.8 Å². The van der Waals surface area contributed by atoms with Crippen molar-refractivity contribution in [2.45, 2.75) is 20.4 Å². The van der Waals surface area contributed by atoms with E-state index in [9.17, 15) is 4.79 Å². The number of nitrogens with one attached hydrogen (secondary N) is 1. The van der Waals surface area contributed by atoms with Gasteiger partial charge in [0.05, 0.1) is 6.54 Å². The van der Waals surface area contributed by atoms with Gasteiger partial charge in [0, 0.05) is 13.6 Å². The van der Waals surface area contributed by atoms with Gasteiger partial charge in [-0.2, -0.15) is 0 Å². The van der Waals surface area contributed by atoms with Gasteiger partial charge >= 0.3 is 0 Å². The van der Waals surface area contributed by atoms with Gasteiger partial charge in [-0.15, -0.1) is 0 Å². The summed E-state index contributed by atoms with van der Waals surface area (Å²) in [6.07, 6.45) is 0. The second kappa shape index (κ2) is 5.66. The number of likely N-dealkylation sites (N-methyl/N-ethyl adjacent to an activating group) is 2. The molecule has 1 aromatic carbocycles. The van der Waals surface area contributed by atoms with Crippen LogP contribution < -0.4 is 5.32 Å². The van der Waals surface area contributed by atoms with Crippen molar-refractivity contribution in [2.24, 2.45) is 0 Å². The van der Waals surface area contributed by atoms with E-state index in [1.54, 1.807) is 11.9 Å². The van der Waals surface area contributed by atoms with E-state index >= 15 is 0 Å². The number of hydrogen-bond acceptors (Lipinski definition) is 2. The zero-order valence-corrected chi connectivity index (χ0v) is 10.5. The Morgan fingerprint density at radius 3 is 2.62 bits per heavy atom. The van der Waals surface area contributed by atoms with Crippen LogP contribution in [0.4, 0.5) is 0 Å². The predicted molar refractivity (Wildman–Crippen MR) is 66.3 cm³/mol. The number of rotatable bonds is 4. The third kappa shape index (κ3) is 3.35. The number of nitrogens with zero attached hydrogens (tertiary/aromatic N) is 1. The van der Waals surface area contributed by atoms with Crippen molar-refractivity contribution in [1.82, 2.24) is 10.2 Å². The molecule has 3 nitrogen and oxygen atoms in total. The summed E-state index contributed by atoms with van der Waals surface area (Å²) < 4.78 is 0. The molecule has 16 heavy (non-hydrogen) atoms. The summed E-state index contributed by atoms with van der Waals surface area (Å²) in [6.45, 7) is 5.22. The Morgan fingerprint density at radius 2 is 2.06 bits per heavy atom. The Balaban J connectivity index is 2.69. The van der Waals surface area contributed by atoms with Gasteiger partial charge in [-0.1, -0.05) is 23.8 Å². The zero-order valence-electron chi connectivity index (χ0n) is 10.5. The number of amides is 1. The van der Waals surface area contributed by atoms with Crippen LogP contribution in [0.5, 0.6) is 0 Å². The molecule has 0 unspecified atom stereocenters. The van der Waals surface area contributed by atoms with Crippen LogP contribution in [0.2, 0.25) is 0 Å². The van der Waals surface area contributed by atoms with Crippen molar-refractivity contribution < 1.29 is 4.79 Å². The van der Waals surface area contributed by atoms with Gasteiger partial charge in [-0.3, -0.25) is 4.79 Å². The molecule has 1 rings (SSSR count). The Morgan fingerprint density at radius 1 is 1.38 bits per heavy atom. The Bertz CT molecular complexity index is 374. The lowest BCUT2D eigenvalue weighted by atomic mass is 10.1. The van der Waals surface area contributed by atoms with Crippen molar-refractivity contribution in [2.75, 3.05) is 20.6 Å². The minimum Gasteiger partial charge on any atom is -0.340 e. The Kier molecular flexibility index (Phi) is 4.50. The zero-order chi connectivity index (χ0) is 12.1. The van der Waals surface area contributed by atoms with E-state index in [2.05, 4.69) is 37.4 Å². The maximum atomic E-state index is 11.6. The molecule has 88 valence electrons. The van der Waals surface area contributed by atoms with Crippen molar-refractivity contribution in [1.29, 1.82) is 0 Å². The van der Waals surface area contributed by atoms with Crippen molar-refractivity contribution in [3.8, 4) is 0 Å². The lowest BCUT2D eigenvalue weighted by Crippen LogP contribution is -2.33. The highest BCUT2D eigenvalue weighted by Crippen LogP contribution is 2.12. The summed E-state index contributed by atoms with van der Waals surface area (Å²) in [4.78, 5) is 13.3. The third-order valence-electron chi connectivity index (χ3n) is 2.66. The minimum absolute atomic E-state index is 0.113. The van der Waals surface area contributed by atoms with Gasteiger partial charge in [-0.25, -0.2) is 0 Å². The molecule has 1 amide bonds. The molecule has 0 aliphatic carbocycles. The molecule has 0 radical (unpaired) electrons. The highest BCUT2D eigenvalue weighted by atomic mass is 16.2. The van der Waals surface area contributed by atoms with Crippen LogP contribution in [0.25, 0.3) is 0 Å². The van der Waals surface area contributed by atoms with Gasteiger partial charge in [0.15, 0.2) is 0 Å². The predicted octanol–water partition coefficient (Wildman–Crippen LogP) is 1.48. The van der Waals surface area contributed by atoms with E-state index < -0.39 is 0 Å². The van der Waals surface area contributed by atoms with E-state index in [0.29, 0.717) is 13.1 Å². The fourth-order valence-electron chi connectivity index (χ4n) is 1.65. The first kappa shape index (κ1) is 12.7. The molecule has 0 heterocycles. The summed E-state index contributed by atoms with van der Waals surface area (Å²) in [5.41, 5.74) is 3.70. The number of aryl methyl sites for hydroxylation is 2. The molecule has 0 saturated carbocycles. The summed E-state index contributed by atoms with van der Waals surface area (Å²) in [6, 6.07) is 6.32. The van der Waals surface area contributed by atoms with Crippen molar-refractivity contribution >= 4 is 5.91 Å². The normalized spacial score (nSPS) is 10.2. The molecule has 0 bridgehead atoms. The summed E-state index contributed by atoms with van der Waals surface area (Å²) in [5.74, 6) is 0.113. The van der Waals surface area contributed by atoms with Crippen LogP contribution in [-0.4, -0.2) is 31.4 Å². The summed E-state index contributed by atoms with van der Waals surface area (Å²) in [7, 11) is 3.61. The Labute approximate surface area is 97.5 Å². The second-order valence-electron chi connectivity index (χ2n) is 4.21. The van der Waals surface area contributed by atoms with Crippen molar-refractivity contribution in [3.05, 3.63) is 34.9 Å². The van der Waals surface area contributed by atoms with E-state index in [1.165, 1.54) is 16.7 Å². The lowest BCUT2D eigenvalue weighted by molar-refractivity contribution is -0.129. The third-order valence-corrected chi connectivity index (χ3v) is 2.66. The molecule has 3 heteroatoms. The molecule has 0 spiro atoms. The van der Waals surface area contributed by atoms with Crippen LogP contribution >= 0.6 is 0 Å². The standard InChI is InChI=1S/C13H20N2O/c1-10-5-6-12(11(2)7-10)9-15(4)13(16)8-14-3/h5-7,14H,8-9H2,1-4H3. The van der Waals surface area contributed by atoms with E-state index in [4.69, 9.17) is 0 Å². The van der Waals surface area contributed by atoms with Crippen LogP contribution in [0.3, 0.4) is 0 Å². The maximum absolute atomic E-state index is 11.6. The van der Waals surface area contributed by atoms with Crippen molar-refractivity contribution in [3.63, 3.8) is 0 Å². The molecule has 0 saturated heterocycles. The van der Waals surface area contributed by atoms with Gasteiger partial charge in [-0.05, 0) is 32.0 Å². The van der Waals surface area contributed by atoms with E-state index in [0.717, 1.165) is 0 Å². The molecule has 0 atom stereocenters. The highest BCUT2D eigenvalue weighted by Gasteiger charge is 2.09. The van der Waals surface area contributed by atoms with E-state index in [1.807, 2.05) is 7.05 Å². The van der Waals surface area contributed by atoms with Gasteiger partial charge in [0.1, 0.15) is 0 Å². The SMILES string of the molecule is CNCC(=O)N(C)Cc1ccc(C)cc1C. The summed E-state index contributed by atoms with van der Waals surface area (Å²) >= 11 is 0. The van der Waals surface area contributed by atoms with E-state index in [-0.39, 0.29) is 5.91 Å². The monoisotopic (exact) mass is 220 g/mol. The number of benzene rings is 1. The number of hydrogen-bond donors (Lipinski definition) is 1. The smallest absolute Gasteiger partial charge is 0.236 e. The molecule has 1 aromatic rings. The average molecular weight is 220 g/mol. The first-order valence-electron chi connectivity index (χ1n) is 5.49. The highest BCUT2D eigenvalue weighted by molar-refractivity contribution is 5.77. The quantitative estimate of drug-likeness (QED) is 0.833. The fourth-order valence-corrected chi connectivity index (χ4v) is 1.65. The first-order chi connectivity index (χ1) is 7.54. The molecule has 0 aliphatic heterocycles. The number of carbonyl (C=O) groups excluding carboxylic acids is 1. The molecule has 1 N–H and O–H groups in total. The molecule has 0 fully saturated rings. The molecular formula is C13H20N2O. The van der Waals surface area contributed by atoms with Gasteiger partial charge < -0.3 is 10.2 Å². The molecule has 0 aromatic heterocycles. The lowest BCUT2D eigenvalue weighted by Gasteiger charge is -2.18. The molecular weight excluding hydrogens is 200 g/mol. The first-order valence-corrected chi connectivity index (χ1v) is 5.49. The summed E-state index contributed by atoms with van der Waals surface area (Å²) in [5, 5.41) is 2.87. The Hall–Kier alpha value is -1.35. The van der Waals surface area contributed by atoms with Crippen LogP contribution in [0.15, 0.2) is 18.2 Å². The van der Waals surface area contributed by atoms with Crippen LogP contribution in [0.1, 0.15) is 16.7 Å². The average Bonchev–Trinajstić information content (AvgIpc) is 2.22. The maximum Gasteiger partial charge on any atom is 0.236 e. The van der Waals surface area contributed by atoms with Gasteiger partial charge in [0.2, 0.25) is 5.91 Å². The minimum atomic E-state index is 0.113. The second-order valence-corrected chi connectivity index (χ2v) is 4.21. The largest absolute Gasteiger partial charge is 0.340 e. The van der Waals surface area contributed by atoms with Gasteiger partial charge in [0.25, 0.3) is 0 Å². The fraction of sp³-hybridized carbons (Fsp3) is 0.462. The topological polar surface area (TPSA) is 32.3 Å². The number of carbonyl (C=O) groups is 1.